The van der Waals surface area contributed by atoms with Crippen molar-refractivity contribution in [2.45, 2.75) is 41.5 Å². The molecule has 0 saturated carbocycles. The first-order valence-electron chi connectivity index (χ1n) is 12.9. The number of thioether (sulfide) groups is 3. The molecule has 0 spiro atoms. The Hall–Kier alpha value is 0.270. The van der Waals surface area contributed by atoms with Gasteiger partial charge < -0.3 is 0 Å². The van der Waals surface area contributed by atoms with Gasteiger partial charge in [0.15, 0.2) is 0 Å². The summed E-state index contributed by atoms with van der Waals surface area (Å²) in [5, 5.41) is 8.08. The Kier molecular flexibility index (Phi) is 18.9. The van der Waals surface area contributed by atoms with E-state index >= 15 is 0 Å². The van der Waals surface area contributed by atoms with Crippen LogP contribution in [0.15, 0.2) is 0 Å². The van der Waals surface area contributed by atoms with Crippen molar-refractivity contribution >= 4 is 116 Å². The molecule has 0 radical (unpaired) electrons. The zero-order valence-electron chi connectivity index (χ0n) is 26.0. The van der Waals surface area contributed by atoms with Crippen LogP contribution in [0.1, 0.15) is 55.6 Å². The minimum absolute atomic E-state index is 0.198. The van der Waals surface area contributed by atoms with Crippen molar-refractivity contribution in [1.29, 1.82) is 0 Å². The Bertz CT molecular complexity index is 1230. The minimum Gasteiger partial charge on any atom is -0.183 e. The van der Waals surface area contributed by atoms with E-state index in [0.29, 0.717) is 0 Å². The first-order valence-corrected chi connectivity index (χ1v) is 17.4. The van der Waals surface area contributed by atoms with E-state index in [1.165, 1.54) is 50.9 Å². The molecule has 2 rings (SSSR count). The Morgan fingerprint density at radius 2 is 1.00 bits per heavy atom. The highest BCUT2D eigenvalue weighted by Crippen LogP contribution is 2.30. The lowest BCUT2D eigenvalue weighted by molar-refractivity contribution is 1.23. The predicted octanol–water partition coefficient (Wildman–Crippen LogP) is 9.85. The molecule has 198 valence electrons. The monoisotopic (exact) mass is 910 g/mol. The van der Waals surface area contributed by atoms with Crippen LogP contribution in [-0.2, 0) is 0 Å². The van der Waals surface area contributed by atoms with Crippen molar-refractivity contribution in [2.24, 2.45) is 0 Å². The SMILES string of the molecule is CS.Cc1c(I)c(C)c(I)c(C)c1I.[3H]C#Cc1c(C)c(C#CSC[3H])c(C)c(C#CSC[3H])c1C.[3H]CSC#C. The quantitative estimate of drug-likeness (QED) is 0.159. The summed E-state index contributed by atoms with van der Waals surface area (Å²) in [5.74, 6) is 9.01. The van der Waals surface area contributed by atoms with Gasteiger partial charge in [0.05, 0.1) is 0 Å². The van der Waals surface area contributed by atoms with Gasteiger partial charge >= 0.3 is 0 Å². The van der Waals surface area contributed by atoms with E-state index < -0.39 is 0 Å². The summed E-state index contributed by atoms with van der Waals surface area (Å²) in [7, 11) is 0. The van der Waals surface area contributed by atoms with Crippen molar-refractivity contribution in [3.8, 4) is 46.3 Å². The molecule has 0 amide bonds. The van der Waals surface area contributed by atoms with Crippen LogP contribution in [0.2, 0.25) is 0 Å². The molecule has 0 aliphatic rings. The normalized spacial score (nSPS) is 9.89. The van der Waals surface area contributed by atoms with Crippen molar-refractivity contribution in [1.82, 2.24) is 0 Å². The van der Waals surface area contributed by atoms with E-state index in [9.17, 15) is 0 Å². The van der Waals surface area contributed by atoms with Crippen LogP contribution in [0.3, 0.4) is 0 Å². The number of benzene rings is 2. The third-order valence-electron chi connectivity index (χ3n) is 4.93. The highest BCUT2D eigenvalue weighted by Gasteiger charge is 2.14. The summed E-state index contributed by atoms with van der Waals surface area (Å²) in [6, 6.07) is 0. The van der Waals surface area contributed by atoms with Gasteiger partial charge in [0.1, 0.15) is 1.37 Å². The molecule has 37 heavy (non-hydrogen) atoms. The maximum Gasteiger partial charge on any atom is 0.124 e. The lowest BCUT2D eigenvalue weighted by atomic mass is 9.89. The molecular formula is C30H33I3S4. The summed E-state index contributed by atoms with van der Waals surface area (Å²) in [4.78, 5) is 0. The van der Waals surface area contributed by atoms with Gasteiger partial charge in [-0.05, 0) is 183 Å². The highest BCUT2D eigenvalue weighted by atomic mass is 127. The largest absolute Gasteiger partial charge is 0.183 e. The van der Waals surface area contributed by atoms with Crippen molar-refractivity contribution < 1.29 is 5.48 Å². The molecule has 0 N–H and O–H groups in total. The van der Waals surface area contributed by atoms with Gasteiger partial charge in [-0.15, -0.1) is 12.8 Å². The van der Waals surface area contributed by atoms with Crippen molar-refractivity contribution in [3.05, 3.63) is 60.8 Å². The molecule has 0 fully saturated rings. The van der Waals surface area contributed by atoms with Gasteiger partial charge in [0.2, 0.25) is 0 Å². The Morgan fingerprint density at radius 3 is 1.27 bits per heavy atom. The number of terminal acetylenes is 2. The average Bonchev–Trinajstić information content (AvgIpc) is 2.98. The molecule has 0 aliphatic carbocycles. The third-order valence-corrected chi connectivity index (χ3v) is 10.4. The van der Waals surface area contributed by atoms with Gasteiger partial charge in [-0.1, -0.05) is 53.0 Å². The molecule has 0 aromatic heterocycles. The van der Waals surface area contributed by atoms with Gasteiger partial charge in [-0.3, -0.25) is 0 Å². The average molecular weight is 911 g/mol. The first-order chi connectivity index (χ1) is 19.5. The zero-order chi connectivity index (χ0) is 32.1. The van der Waals surface area contributed by atoms with E-state index in [1.807, 2.05) is 20.8 Å². The maximum absolute atomic E-state index is 7.17. The van der Waals surface area contributed by atoms with Gasteiger partial charge in [-0.2, -0.15) is 12.6 Å². The topological polar surface area (TPSA) is 0 Å². The second kappa shape index (κ2) is 22.0. The summed E-state index contributed by atoms with van der Waals surface area (Å²) >= 11 is 14.4. The second-order valence-corrected chi connectivity index (χ2v) is 11.7. The van der Waals surface area contributed by atoms with Gasteiger partial charge in [0, 0.05) is 31.5 Å². The summed E-state index contributed by atoms with van der Waals surface area (Å²) in [6.07, 6.45) is 9.30. The van der Waals surface area contributed by atoms with Crippen molar-refractivity contribution in [2.75, 3.05) is 25.0 Å². The Labute approximate surface area is 291 Å². The van der Waals surface area contributed by atoms with Crippen LogP contribution in [0.4, 0.5) is 0 Å². The summed E-state index contributed by atoms with van der Waals surface area (Å²) in [5.41, 5.74) is 9.68. The smallest absolute Gasteiger partial charge is 0.124 e. The van der Waals surface area contributed by atoms with E-state index in [4.69, 9.17) is 11.9 Å². The lowest BCUT2D eigenvalue weighted by Gasteiger charge is -2.13. The van der Waals surface area contributed by atoms with Crippen molar-refractivity contribution in [3.63, 3.8) is 0 Å². The van der Waals surface area contributed by atoms with E-state index in [2.05, 4.69) is 141 Å². The fourth-order valence-electron chi connectivity index (χ4n) is 3.09. The number of hydrogen-bond donors (Lipinski definition) is 1. The number of halogens is 3. The standard InChI is InChI=1S/C17H16S2.C9H9I3.C3H4S.CH4S/c1-7-15-12(2)16(8-10-18-5)14(4)17(13(15)3)9-11-19-6;1-4-7(10)5(2)9(12)6(3)8(4)11;1-3-4-2;1-2/h1H,2-6H3;1-3H3;1H,2H3;2H,1H3/i1T,5T,6T;;2T;. The van der Waals surface area contributed by atoms with Crippen LogP contribution < -0.4 is 0 Å². The molecule has 0 bridgehead atoms. The summed E-state index contributed by atoms with van der Waals surface area (Å²) in [6.45, 7) is 12.5. The minimum atomic E-state index is 0.198. The molecular weight excluding hydrogens is 869 g/mol. The van der Waals surface area contributed by atoms with E-state index in [1.54, 1.807) is 6.26 Å². The second-order valence-electron chi connectivity index (χ2n) is 6.95. The van der Waals surface area contributed by atoms with Crippen LogP contribution in [0.25, 0.3) is 0 Å². The molecule has 0 nitrogen and oxygen atoms in total. The number of hydrogen-bond acceptors (Lipinski definition) is 4. The van der Waals surface area contributed by atoms with Crippen LogP contribution in [0, 0.1) is 98.6 Å². The van der Waals surface area contributed by atoms with Crippen LogP contribution >= 0.6 is 116 Å². The van der Waals surface area contributed by atoms with E-state index in [0.717, 1.165) is 45.1 Å². The fourth-order valence-corrected chi connectivity index (χ4v) is 6.60. The molecule has 2 aromatic carbocycles. The molecule has 0 heterocycles. The Morgan fingerprint density at radius 1 is 0.649 bits per heavy atom. The Balaban J connectivity index is 0. The summed E-state index contributed by atoms with van der Waals surface area (Å²) < 4.78 is 32.1. The number of thiol groups is 1. The molecule has 0 saturated heterocycles. The van der Waals surface area contributed by atoms with Gasteiger partial charge in [-0.25, -0.2) is 0 Å². The number of rotatable bonds is 0. The van der Waals surface area contributed by atoms with Crippen LogP contribution in [0.5, 0.6) is 0 Å². The van der Waals surface area contributed by atoms with Crippen LogP contribution in [-0.4, -0.2) is 25.0 Å². The third kappa shape index (κ3) is 12.1. The molecule has 7 heteroatoms. The fraction of sp³-hybridized carbons (Fsp3) is 0.333. The zero-order valence-corrected chi connectivity index (χ0v) is 31.8. The van der Waals surface area contributed by atoms with Gasteiger partial charge in [0.25, 0.3) is 0 Å². The molecule has 2 aromatic rings. The highest BCUT2D eigenvalue weighted by molar-refractivity contribution is 14.1. The molecule has 0 aliphatic heterocycles. The predicted molar refractivity (Wildman–Crippen MR) is 205 cm³/mol. The molecule has 0 unspecified atom stereocenters. The lowest BCUT2D eigenvalue weighted by Crippen LogP contribution is -2.01. The van der Waals surface area contributed by atoms with E-state index in [-0.39, 0.29) is 18.7 Å². The molecule has 0 atom stereocenters. The maximum atomic E-state index is 7.17. The first kappa shape index (κ1) is 31.8.